The van der Waals surface area contributed by atoms with Crippen molar-refractivity contribution in [2.75, 3.05) is 74.9 Å². The second kappa shape index (κ2) is 31.1. The highest BCUT2D eigenvalue weighted by molar-refractivity contribution is 6.20. The third-order valence-corrected chi connectivity index (χ3v) is 22.6. The number of ether oxygens (including phenoxy) is 4. The Labute approximate surface area is 606 Å². The molecule has 10 N–H and O–H groups in total. The molecule has 1 spiro atoms. The van der Waals surface area contributed by atoms with E-state index in [2.05, 4.69) is 16.0 Å². The maximum Gasteiger partial charge on any atom is 0.415 e. The van der Waals surface area contributed by atoms with Crippen LogP contribution in [0.3, 0.4) is 0 Å². The zero-order chi connectivity index (χ0) is 74.1. The number of halogens is 2. The van der Waals surface area contributed by atoms with Crippen LogP contribution in [0.15, 0.2) is 84.9 Å². The predicted molar refractivity (Wildman–Crippen MR) is 382 cm³/mol. The normalized spacial score (nSPS) is 24.8. The first-order valence-corrected chi connectivity index (χ1v) is 36.2. The van der Waals surface area contributed by atoms with E-state index in [0.29, 0.717) is 84.8 Å². The number of rotatable bonds is 31. The molecule has 3 aliphatic carbocycles. The molecule has 0 bridgehead atoms. The molecule has 8 amide bonds. The number of Topliss-reactive ketones (excluding diaryl/α,β-unsaturated/α-hetero) is 3. The number of unbranched alkanes of at least 4 members (excludes halogenated alkanes) is 1. The molecule has 28 heteroatoms. The zero-order valence-corrected chi connectivity index (χ0v) is 60.1. The van der Waals surface area contributed by atoms with Crippen LogP contribution in [-0.4, -0.2) is 192 Å². The van der Waals surface area contributed by atoms with Crippen molar-refractivity contribution in [3.05, 3.63) is 107 Å². The number of aliphatic hydroxyl groups excluding tert-OH is 3. The number of hydrogen-bond donors (Lipinski definition) is 8. The number of amides is 8. The second-order valence-electron chi connectivity index (χ2n) is 28.9. The van der Waals surface area contributed by atoms with Crippen molar-refractivity contribution in [2.24, 2.45) is 39.5 Å². The molecular weight excluding hydrogens is 1370 g/mol. The standard InChI is InChI=1S/C75H91Cl2N9O17/c1-40(2)51(29-57(90)52(81-42(4)88)18-11-12-24-78)66(94)82-53(19-13-25-80-70(79)97)56(89)28-43-20-22-44(23-21-43)36-100-71(98)83(5)26-27-84(6)72(99)102-59-31-55-61(50-17-10-8-15-48(50)59)46(33-77)35-86(55)69(96)74-37-73(38-75(73,74)39-74)68(95)85-34-45(32-76)60-49-16-9-7-14-47(49)58(30-54(60)85)101-67-64(93)62(91)63(92)65(103-67)41(3)87/h7-10,14-17,20-23,30-31,40,45-46,51-53,62-65,67,91-93H,11-13,18-19,24-29,32-39,78H2,1-6H3,(H,81,88)(H,82,94)(H3,79,80,97)/t45?,46?,51?,52-,53?,62?,63?,64?,65?,67?,73?,74?,75?/m0/s1. The lowest BCUT2D eigenvalue weighted by atomic mass is 9.72. The summed E-state index contributed by atoms with van der Waals surface area (Å²) in [5.74, 6) is -3.22. The SMILES string of the molecule is CC(=O)N[C@@H](CCCCN)C(=O)CC(C(=O)NC(CCCNC(N)=O)C(=O)Cc1ccc(COC(=O)N(C)CCN(C)C(=O)Oc2cc3c(c4ccccc24)C(CCl)CN3C(=O)C23CC4(C(=O)N5CC(CCl)c6c5cc(OC5OC(C(C)=O)C(O)C(O)C5O)c5ccccc65)CC24C3)cc1)C(C)C. The van der Waals surface area contributed by atoms with Crippen LogP contribution in [0.2, 0.25) is 0 Å². The minimum Gasteiger partial charge on any atom is -0.461 e. The molecule has 1 saturated heterocycles. The Morgan fingerprint density at radius 2 is 1.20 bits per heavy atom. The lowest BCUT2D eigenvalue weighted by molar-refractivity contribution is -0.265. The predicted octanol–water partition coefficient (Wildman–Crippen LogP) is 6.59. The van der Waals surface area contributed by atoms with Gasteiger partial charge in [0.2, 0.25) is 29.9 Å². The van der Waals surface area contributed by atoms with Crippen LogP contribution in [-0.2, 0) is 56.1 Å². The van der Waals surface area contributed by atoms with E-state index in [1.54, 1.807) is 66.1 Å². The summed E-state index contributed by atoms with van der Waals surface area (Å²) in [6, 6.07) is 22.5. The van der Waals surface area contributed by atoms with E-state index in [9.17, 15) is 53.7 Å². The minimum absolute atomic E-state index is 0.0358. The van der Waals surface area contributed by atoms with Crippen molar-refractivity contribution in [3.63, 3.8) is 0 Å². The molecule has 5 aromatic rings. The van der Waals surface area contributed by atoms with Crippen molar-refractivity contribution in [1.29, 1.82) is 0 Å². The van der Waals surface area contributed by atoms with Gasteiger partial charge in [-0.25, -0.2) is 14.4 Å². The first-order chi connectivity index (χ1) is 49.1. The van der Waals surface area contributed by atoms with Gasteiger partial charge in [-0.15, -0.1) is 23.2 Å². The fraction of sp³-hybridized carbons (Fsp3) is 0.520. The Bertz CT molecular complexity index is 4150. The van der Waals surface area contributed by atoms with E-state index in [1.165, 1.54) is 37.7 Å². The van der Waals surface area contributed by atoms with Gasteiger partial charge in [0.25, 0.3) is 0 Å². The number of primary amides is 1. The lowest BCUT2D eigenvalue weighted by Crippen LogP contribution is -2.60. The number of benzene rings is 5. The van der Waals surface area contributed by atoms with E-state index >= 15 is 9.59 Å². The molecule has 11 rings (SSSR count). The van der Waals surface area contributed by atoms with Gasteiger partial charge in [0.05, 0.1) is 34.3 Å². The van der Waals surface area contributed by atoms with Crippen LogP contribution in [0.5, 0.6) is 11.5 Å². The van der Waals surface area contributed by atoms with Crippen molar-refractivity contribution >= 4 is 115 Å². The van der Waals surface area contributed by atoms with Gasteiger partial charge in [-0.1, -0.05) is 86.6 Å². The zero-order valence-electron chi connectivity index (χ0n) is 58.6. The molecule has 3 saturated carbocycles. The molecule has 5 aromatic carbocycles. The fourth-order valence-electron chi connectivity index (χ4n) is 16.1. The van der Waals surface area contributed by atoms with Gasteiger partial charge in [0.15, 0.2) is 17.3 Å². The summed E-state index contributed by atoms with van der Waals surface area (Å²) in [5.41, 5.74) is 12.6. The van der Waals surface area contributed by atoms with Crippen LogP contribution in [0.4, 0.5) is 25.8 Å². The van der Waals surface area contributed by atoms with Crippen LogP contribution in [0, 0.1) is 28.1 Å². The Balaban J connectivity index is 0.701. The van der Waals surface area contributed by atoms with Gasteiger partial charge < -0.3 is 81.3 Å². The maximum absolute atomic E-state index is 15.3. The highest BCUT2D eigenvalue weighted by Crippen LogP contribution is 3.01. The average molecular weight is 1460 g/mol. The Morgan fingerprint density at radius 3 is 1.74 bits per heavy atom. The van der Waals surface area contributed by atoms with Gasteiger partial charge in [0.1, 0.15) is 42.5 Å². The first-order valence-electron chi connectivity index (χ1n) is 35.1. The van der Waals surface area contributed by atoms with Gasteiger partial charge in [-0.3, -0.25) is 33.6 Å². The summed E-state index contributed by atoms with van der Waals surface area (Å²) >= 11 is 13.4. The summed E-state index contributed by atoms with van der Waals surface area (Å²) in [5, 5.41) is 43.1. The number of hydrogen-bond acceptors (Lipinski definition) is 18. The van der Waals surface area contributed by atoms with Gasteiger partial charge in [0, 0.05) is 124 Å². The van der Waals surface area contributed by atoms with Crippen LogP contribution in [0.25, 0.3) is 21.5 Å². The quantitative estimate of drug-likeness (QED) is 0.0171. The molecule has 552 valence electrons. The summed E-state index contributed by atoms with van der Waals surface area (Å²) in [6.45, 7) is 7.18. The number of nitrogens with one attached hydrogen (secondary N) is 3. The number of anilines is 2. The van der Waals surface area contributed by atoms with E-state index in [1.807, 2.05) is 42.5 Å². The molecule has 103 heavy (non-hydrogen) atoms. The molecule has 0 aromatic heterocycles. The number of fused-ring (bicyclic) bond motifs is 6. The number of aliphatic hydroxyl groups is 3. The lowest BCUT2D eigenvalue weighted by Gasteiger charge is -2.39. The summed E-state index contributed by atoms with van der Waals surface area (Å²) < 4.78 is 23.8. The Hall–Kier alpha value is -8.50. The molecule has 26 nitrogen and oxygen atoms in total. The number of likely N-dealkylation sites (N-methyl/N-ethyl adjacent to an activating group) is 2. The van der Waals surface area contributed by atoms with Crippen molar-refractivity contribution in [1.82, 2.24) is 25.8 Å². The average Bonchev–Trinajstić information content (AvgIpc) is 1.40. The maximum atomic E-state index is 15.3. The third kappa shape index (κ3) is 14.9. The molecule has 12 unspecified atom stereocenters. The number of alkyl halides is 2. The molecule has 6 aliphatic rings. The Morgan fingerprint density at radius 1 is 0.670 bits per heavy atom. The van der Waals surface area contributed by atoms with Crippen molar-refractivity contribution < 1.29 is 82.2 Å². The molecule has 3 heterocycles. The van der Waals surface area contributed by atoms with Crippen LogP contribution >= 0.6 is 23.2 Å². The number of nitrogens with zero attached hydrogens (tertiary/aromatic N) is 4. The topological polar surface area (TPSA) is 369 Å². The summed E-state index contributed by atoms with van der Waals surface area (Å²) in [4.78, 5) is 141. The number of carbonyl (C=O) groups excluding carboxylic acids is 10. The van der Waals surface area contributed by atoms with Crippen molar-refractivity contribution in [2.45, 2.75) is 153 Å². The fourth-order valence-corrected chi connectivity index (χ4v) is 16.6. The smallest absolute Gasteiger partial charge is 0.415 e. The first kappa shape index (κ1) is 75.7. The van der Waals surface area contributed by atoms with E-state index in [4.69, 9.17) is 53.6 Å². The van der Waals surface area contributed by atoms with Crippen LogP contribution in [0.1, 0.15) is 120 Å². The largest absolute Gasteiger partial charge is 0.461 e. The highest BCUT2D eigenvalue weighted by atomic mass is 35.5. The summed E-state index contributed by atoms with van der Waals surface area (Å²) in [6.07, 6.45) is -6.44. The highest BCUT2D eigenvalue weighted by Gasteiger charge is 3.01. The van der Waals surface area contributed by atoms with Crippen LogP contribution < -0.4 is 46.7 Å². The Kier molecular flexibility index (Phi) is 22.8. The number of urea groups is 1. The van der Waals surface area contributed by atoms with E-state index in [-0.39, 0.29) is 129 Å². The molecule has 13 atom stereocenters. The number of nitrogens with two attached hydrogens (primary N) is 2. The van der Waals surface area contributed by atoms with Gasteiger partial charge >= 0.3 is 18.2 Å². The van der Waals surface area contributed by atoms with Crippen molar-refractivity contribution in [3.8, 4) is 11.5 Å². The monoisotopic (exact) mass is 1460 g/mol. The third-order valence-electron chi connectivity index (χ3n) is 21.8. The van der Waals surface area contributed by atoms with E-state index < -0.39 is 94.9 Å². The molecule has 0 radical (unpaired) electrons. The van der Waals surface area contributed by atoms with Gasteiger partial charge in [-0.2, -0.15) is 0 Å². The number of carbonyl (C=O) groups is 10. The second-order valence-corrected chi connectivity index (χ2v) is 29.5. The van der Waals surface area contributed by atoms with E-state index in [0.717, 1.165) is 21.9 Å². The molecule has 3 aliphatic heterocycles. The minimum atomic E-state index is -1.75. The number of ketones is 3. The molecule has 4 fully saturated rings. The summed E-state index contributed by atoms with van der Waals surface area (Å²) in [7, 11) is 3.06. The molecular formula is C75H91Cl2N9O17. The van der Waals surface area contributed by atoms with Gasteiger partial charge in [-0.05, 0) is 104 Å².